The number of carbonyl (C=O) groups excluding carboxylic acids is 1. The van der Waals surface area contributed by atoms with Crippen LogP contribution in [0.15, 0.2) is 72.8 Å². The normalized spacial score (nSPS) is 13.9. The Labute approximate surface area is 218 Å². The molecule has 0 spiro atoms. The SMILES string of the molecule is O=C(c1ccc(-c2cc(C(F)(F)F)nn2-c2ccccc2Cl)cc1)N1CCCc2ccc(C(F)(F)F)cc21. The molecular formula is C27H18ClF6N3O. The first-order valence-electron chi connectivity index (χ1n) is 11.5. The van der Waals surface area contributed by atoms with Gasteiger partial charge in [-0.3, -0.25) is 4.79 Å². The third-order valence-electron chi connectivity index (χ3n) is 6.28. The molecule has 196 valence electrons. The number of halogens is 7. The fourth-order valence-electron chi connectivity index (χ4n) is 4.43. The number of para-hydroxylation sites is 1. The van der Waals surface area contributed by atoms with E-state index < -0.39 is 29.5 Å². The van der Waals surface area contributed by atoms with Gasteiger partial charge in [0.2, 0.25) is 0 Å². The summed E-state index contributed by atoms with van der Waals surface area (Å²) in [7, 11) is 0. The van der Waals surface area contributed by atoms with Crippen molar-refractivity contribution in [2.45, 2.75) is 25.2 Å². The van der Waals surface area contributed by atoms with E-state index in [9.17, 15) is 31.1 Å². The number of alkyl halides is 6. The zero-order valence-electron chi connectivity index (χ0n) is 19.4. The highest BCUT2D eigenvalue weighted by molar-refractivity contribution is 6.32. The van der Waals surface area contributed by atoms with Crippen molar-refractivity contribution >= 4 is 23.2 Å². The summed E-state index contributed by atoms with van der Waals surface area (Å²) in [6.07, 6.45) is -8.13. The summed E-state index contributed by atoms with van der Waals surface area (Å²) in [6.45, 7) is 0.239. The van der Waals surface area contributed by atoms with Crippen LogP contribution in [-0.2, 0) is 18.8 Å². The Balaban J connectivity index is 1.50. The minimum Gasteiger partial charge on any atom is -0.308 e. The summed E-state index contributed by atoms with van der Waals surface area (Å²) < 4.78 is 81.4. The Bertz CT molecular complexity index is 1510. The van der Waals surface area contributed by atoms with E-state index in [2.05, 4.69) is 5.10 Å². The van der Waals surface area contributed by atoms with Gasteiger partial charge in [0.15, 0.2) is 5.69 Å². The molecule has 38 heavy (non-hydrogen) atoms. The Morgan fingerprint density at radius 2 is 1.55 bits per heavy atom. The Hall–Kier alpha value is -3.79. The van der Waals surface area contributed by atoms with E-state index in [1.807, 2.05) is 0 Å². The molecule has 0 saturated carbocycles. The predicted molar refractivity (Wildman–Crippen MR) is 130 cm³/mol. The summed E-state index contributed by atoms with van der Waals surface area (Å²) >= 11 is 6.21. The summed E-state index contributed by atoms with van der Waals surface area (Å²) in [6, 6.07) is 16.3. The number of hydrogen-bond acceptors (Lipinski definition) is 2. The number of carbonyl (C=O) groups is 1. The van der Waals surface area contributed by atoms with Crippen LogP contribution in [0.25, 0.3) is 16.9 Å². The van der Waals surface area contributed by atoms with Crippen LogP contribution in [0.1, 0.15) is 33.6 Å². The molecule has 0 unspecified atom stereocenters. The van der Waals surface area contributed by atoms with Crippen LogP contribution in [0, 0.1) is 0 Å². The van der Waals surface area contributed by atoms with Gasteiger partial charge >= 0.3 is 12.4 Å². The van der Waals surface area contributed by atoms with E-state index in [4.69, 9.17) is 11.6 Å². The van der Waals surface area contributed by atoms with Crippen molar-refractivity contribution in [3.05, 3.63) is 100 Å². The number of aromatic nitrogens is 2. The van der Waals surface area contributed by atoms with Crippen LogP contribution in [0.3, 0.4) is 0 Å². The van der Waals surface area contributed by atoms with Gasteiger partial charge in [-0.25, -0.2) is 4.68 Å². The van der Waals surface area contributed by atoms with Gasteiger partial charge in [-0.1, -0.05) is 41.9 Å². The maximum atomic E-state index is 13.5. The van der Waals surface area contributed by atoms with Gasteiger partial charge in [-0.05, 0) is 60.9 Å². The highest BCUT2D eigenvalue weighted by atomic mass is 35.5. The number of hydrogen-bond donors (Lipinski definition) is 0. The van der Waals surface area contributed by atoms with Crippen molar-refractivity contribution in [2.75, 3.05) is 11.4 Å². The number of rotatable bonds is 3. The molecule has 5 rings (SSSR count). The minimum atomic E-state index is -4.70. The topological polar surface area (TPSA) is 38.1 Å². The van der Waals surface area contributed by atoms with Crippen LogP contribution in [0.2, 0.25) is 5.02 Å². The van der Waals surface area contributed by atoms with E-state index in [0.717, 1.165) is 22.9 Å². The van der Waals surface area contributed by atoms with Crippen molar-refractivity contribution in [1.29, 1.82) is 0 Å². The van der Waals surface area contributed by atoms with Crippen LogP contribution in [-0.4, -0.2) is 22.2 Å². The molecule has 0 N–H and O–H groups in total. The third kappa shape index (κ3) is 4.88. The average Bonchev–Trinajstić information content (AvgIpc) is 3.33. The second kappa shape index (κ2) is 9.50. The van der Waals surface area contributed by atoms with Crippen molar-refractivity contribution in [3.8, 4) is 16.9 Å². The van der Waals surface area contributed by atoms with Gasteiger partial charge in [0.05, 0.1) is 22.0 Å². The lowest BCUT2D eigenvalue weighted by Gasteiger charge is -2.30. The monoisotopic (exact) mass is 549 g/mol. The number of benzene rings is 3. The van der Waals surface area contributed by atoms with Gasteiger partial charge in [-0.15, -0.1) is 0 Å². The van der Waals surface area contributed by atoms with Crippen LogP contribution < -0.4 is 4.90 Å². The summed E-state index contributed by atoms with van der Waals surface area (Å²) in [5.41, 5.74) is -0.267. The lowest BCUT2D eigenvalue weighted by Crippen LogP contribution is -2.35. The number of fused-ring (bicyclic) bond motifs is 1. The van der Waals surface area contributed by atoms with Crippen molar-refractivity contribution in [3.63, 3.8) is 0 Å². The Kier molecular flexibility index (Phi) is 6.46. The molecule has 3 aromatic carbocycles. The number of anilines is 1. The molecule has 0 fully saturated rings. The second-order valence-corrected chi connectivity index (χ2v) is 9.16. The molecule has 0 aliphatic carbocycles. The van der Waals surface area contributed by atoms with Gasteiger partial charge in [-0.2, -0.15) is 31.4 Å². The van der Waals surface area contributed by atoms with Gasteiger partial charge in [0, 0.05) is 23.4 Å². The van der Waals surface area contributed by atoms with Crippen molar-refractivity contribution in [1.82, 2.24) is 9.78 Å². The van der Waals surface area contributed by atoms with E-state index in [-0.39, 0.29) is 34.2 Å². The molecule has 4 nitrogen and oxygen atoms in total. The maximum Gasteiger partial charge on any atom is 0.435 e. The first kappa shape index (κ1) is 25.8. The predicted octanol–water partition coefficient (Wildman–Crippen LogP) is 7.82. The lowest BCUT2D eigenvalue weighted by atomic mass is 9.98. The third-order valence-corrected chi connectivity index (χ3v) is 6.60. The molecule has 0 atom stereocenters. The first-order chi connectivity index (χ1) is 17.9. The molecule has 1 aliphatic heterocycles. The molecule has 11 heteroatoms. The average molecular weight is 550 g/mol. The molecule has 2 heterocycles. The lowest BCUT2D eigenvalue weighted by molar-refractivity contribution is -0.141. The van der Waals surface area contributed by atoms with E-state index in [0.29, 0.717) is 24.0 Å². The molecule has 4 aromatic rings. The zero-order chi connectivity index (χ0) is 27.2. The molecule has 0 radical (unpaired) electrons. The van der Waals surface area contributed by atoms with E-state index in [1.54, 1.807) is 12.1 Å². The molecule has 1 aliphatic rings. The van der Waals surface area contributed by atoms with Gasteiger partial charge in [0.25, 0.3) is 5.91 Å². The van der Waals surface area contributed by atoms with Crippen molar-refractivity contribution in [2.24, 2.45) is 0 Å². The largest absolute Gasteiger partial charge is 0.435 e. The highest BCUT2D eigenvalue weighted by Crippen LogP contribution is 2.37. The smallest absolute Gasteiger partial charge is 0.308 e. The Morgan fingerprint density at radius 3 is 2.21 bits per heavy atom. The summed E-state index contributed by atoms with van der Waals surface area (Å²) in [4.78, 5) is 14.6. The fourth-order valence-corrected chi connectivity index (χ4v) is 4.65. The Morgan fingerprint density at radius 1 is 0.842 bits per heavy atom. The second-order valence-electron chi connectivity index (χ2n) is 8.75. The van der Waals surface area contributed by atoms with E-state index >= 15 is 0 Å². The van der Waals surface area contributed by atoms with Crippen LogP contribution >= 0.6 is 11.6 Å². The molecule has 1 aromatic heterocycles. The van der Waals surface area contributed by atoms with E-state index in [1.165, 1.54) is 47.4 Å². The van der Waals surface area contributed by atoms with Gasteiger partial charge in [0.1, 0.15) is 0 Å². The van der Waals surface area contributed by atoms with Crippen molar-refractivity contribution < 1.29 is 31.1 Å². The van der Waals surface area contributed by atoms with Crippen LogP contribution in [0.4, 0.5) is 32.0 Å². The number of aryl methyl sites for hydroxylation is 1. The molecule has 0 bridgehead atoms. The number of nitrogens with zero attached hydrogens (tertiary/aromatic N) is 3. The zero-order valence-corrected chi connectivity index (χ0v) is 20.2. The molecular weight excluding hydrogens is 532 g/mol. The summed E-state index contributed by atoms with van der Waals surface area (Å²) in [5, 5.41) is 3.91. The molecule has 0 saturated heterocycles. The highest BCUT2D eigenvalue weighted by Gasteiger charge is 2.36. The van der Waals surface area contributed by atoms with Crippen LogP contribution in [0.5, 0.6) is 0 Å². The summed E-state index contributed by atoms with van der Waals surface area (Å²) in [5.74, 6) is -0.507. The maximum absolute atomic E-state index is 13.5. The minimum absolute atomic E-state index is 0.0996. The van der Waals surface area contributed by atoms with Gasteiger partial charge < -0.3 is 4.90 Å². The first-order valence-corrected chi connectivity index (χ1v) is 11.9. The standard InChI is InChI=1S/C27H18ClF6N3O/c28-20-5-1-2-6-21(20)37-23(15-24(35-37)27(32,33)34)17-7-9-18(10-8-17)25(38)36-13-3-4-16-11-12-19(14-22(16)36)26(29,30)31/h1-2,5-12,14-15H,3-4,13H2. The fraction of sp³-hybridized carbons (Fsp3) is 0.185. The molecule has 1 amide bonds. The number of amides is 1. The quantitative estimate of drug-likeness (QED) is 0.244.